The van der Waals surface area contributed by atoms with E-state index in [2.05, 4.69) is 18.4 Å². The maximum absolute atomic E-state index is 13.4. The van der Waals surface area contributed by atoms with Gasteiger partial charge in [-0.1, -0.05) is 20.8 Å². The second kappa shape index (κ2) is 7.13. The molecule has 2 aromatic heterocycles. The number of nitrogens with zero attached hydrogens (tertiary/aromatic N) is 4. The van der Waals surface area contributed by atoms with Gasteiger partial charge < -0.3 is 4.57 Å². The van der Waals surface area contributed by atoms with Crippen LogP contribution >= 0.6 is 0 Å². The van der Waals surface area contributed by atoms with Gasteiger partial charge in [0, 0.05) is 25.6 Å². The lowest BCUT2D eigenvalue weighted by Crippen LogP contribution is -2.40. The van der Waals surface area contributed by atoms with Gasteiger partial charge in [-0.15, -0.1) is 0 Å². The van der Waals surface area contributed by atoms with Gasteiger partial charge in [0.05, 0.1) is 0 Å². The number of rotatable bonds is 7. The fourth-order valence-electron chi connectivity index (χ4n) is 7.00. The van der Waals surface area contributed by atoms with Gasteiger partial charge in [-0.25, -0.2) is 9.78 Å². The molecule has 6 heteroatoms. The molecule has 0 radical (unpaired) electrons. The van der Waals surface area contributed by atoms with E-state index in [1.54, 1.807) is 4.57 Å². The molecule has 4 aliphatic carbocycles. The molecule has 0 aliphatic heterocycles. The summed E-state index contributed by atoms with van der Waals surface area (Å²) >= 11 is 0. The van der Waals surface area contributed by atoms with Crippen LogP contribution in [0.25, 0.3) is 11.2 Å². The smallest absolute Gasteiger partial charge is 0.322 e. The molecule has 6 rings (SSSR count). The molecule has 5 unspecified atom stereocenters. The highest BCUT2D eigenvalue weighted by atomic mass is 16.2. The van der Waals surface area contributed by atoms with Crippen molar-refractivity contribution in [2.45, 2.75) is 91.3 Å². The summed E-state index contributed by atoms with van der Waals surface area (Å²) in [7, 11) is 0. The van der Waals surface area contributed by atoms with Crippen LogP contribution in [0, 0.1) is 23.7 Å². The molecule has 0 N–H and O–H groups in total. The molecule has 2 aromatic rings. The molecule has 5 atom stereocenters. The van der Waals surface area contributed by atoms with Crippen molar-refractivity contribution >= 4 is 11.2 Å². The first-order valence-corrected chi connectivity index (χ1v) is 11.8. The standard InChI is InChI=1S/C23H34N4O2/c1-4-7-25-19-21(26(8-5-2)23(29)27(9-6-3)22(19)28)24-20(25)18-16-11-14-10-15(13-16)17(18)12-14/h14-18H,4-13H2,1-3H3. The zero-order valence-corrected chi connectivity index (χ0v) is 18.1. The summed E-state index contributed by atoms with van der Waals surface area (Å²) < 4.78 is 5.43. The highest BCUT2D eigenvalue weighted by Crippen LogP contribution is 2.64. The fourth-order valence-corrected chi connectivity index (χ4v) is 7.00. The minimum atomic E-state index is -0.187. The predicted molar refractivity (Wildman–Crippen MR) is 114 cm³/mol. The van der Waals surface area contributed by atoms with Gasteiger partial charge >= 0.3 is 5.69 Å². The zero-order chi connectivity index (χ0) is 20.3. The van der Waals surface area contributed by atoms with Crippen LogP contribution in [-0.2, 0) is 19.6 Å². The van der Waals surface area contributed by atoms with Gasteiger partial charge in [0.2, 0.25) is 0 Å². The Labute approximate surface area is 171 Å². The Kier molecular flexibility index (Phi) is 4.71. The largest absolute Gasteiger partial charge is 0.332 e. The molecule has 4 bridgehead atoms. The molecule has 0 saturated heterocycles. The summed E-state index contributed by atoms with van der Waals surface area (Å²) in [5, 5.41) is 0. The molecular weight excluding hydrogens is 364 g/mol. The van der Waals surface area contributed by atoms with Crippen molar-refractivity contribution in [2.24, 2.45) is 23.7 Å². The minimum absolute atomic E-state index is 0.140. The Hall–Kier alpha value is -1.85. The molecule has 0 aromatic carbocycles. The lowest BCUT2D eigenvalue weighted by molar-refractivity contribution is 0.239. The van der Waals surface area contributed by atoms with E-state index < -0.39 is 0 Å². The third kappa shape index (κ3) is 2.70. The maximum Gasteiger partial charge on any atom is 0.332 e. The summed E-state index contributed by atoms with van der Waals surface area (Å²) in [5.41, 5.74) is 0.974. The third-order valence-corrected chi connectivity index (χ3v) is 7.84. The first-order valence-electron chi connectivity index (χ1n) is 11.8. The molecule has 29 heavy (non-hydrogen) atoms. The first-order chi connectivity index (χ1) is 14.1. The molecule has 4 saturated carbocycles. The highest BCUT2D eigenvalue weighted by Gasteiger charge is 2.55. The molecule has 4 aliphatic rings. The third-order valence-electron chi connectivity index (χ3n) is 7.84. The SMILES string of the molecule is CCCn1c(=O)c2c(nc(C3C4CC5CC(C4)C3C5)n2CCC)n(CCC)c1=O. The van der Waals surface area contributed by atoms with E-state index in [9.17, 15) is 9.59 Å². The number of aromatic nitrogens is 4. The number of hydrogen-bond acceptors (Lipinski definition) is 3. The van der Waals surface area contributed by atoms with Crippen LogP contribution in [-0.4, -0.2) is 18.7 Å². The first kappa shape index (κ1) is 19.1. The van der Waals surface area contributed by atoms with Crippen molar-refractivity contribution < 1.29 is 0 Å². The number of imidazole rings is 1. The summed E-state index contributed by atoms with van der Waals surface area (Å²) in [6.07, 6.45) is 7.99. The zero-order valence-electron chi connectivity index (χ0n) is 18.1. The predicted octanol–water partition coefficient (Wildman–Crippen LogP) is 3.74. The Morgan fingerprint density at radius 1 is 0.828 bits per heavy atom. The van der Waals surface area contributed by atoms with Crippen molar-refractivity contribution in [1.29, 1.82) is 0 Å². The van der Waals surface area contributed by atoms with Crippen LogP contribution in [0.3, 0.4) is 0 Å². The summed E-state index contributed by atoms with van der Waals surface area (Å²) in [6.45, 7) is 8.15. The molecular formula is C23H34N4O2. The van der Waals surface area contributed by atoms with E-state index in [-0.39, 0.29) is 11.2 Å². The normalized spacial score (nSPS) is 30.1. The summed E-state index contributed by atoms with van der Waals surface area (Å²) in [6, 6.07) is 0. The van der Waals surface area contributed by atoms with Crippen LogP contribution in [0.5, 0.6) is 0 Å². The molecule has 2 heterocycles. The van der Waals surface area contributed by atoms with Crippen LogP contribution < -0.4 is 11.2 Å². The number of fused-ring (bicyclic) bond motifs is 1. The summed E-state index contributed by atoms with van der Waals surface area (Å²) in [5.74, 6) is 4.80. The second-order valence-corrected chi connectivity index (χ2v) is 9.70. The van der Waals surface area contributed by atoms with Gasteiger partial charge in [0.15, 0.2) is 11.2 Å². The van der Waals surface area contributed by atoms with Gasteiger partial charge in [-0.2, -0.15) is 0 Å². The van der Waals surface area contributed by atoms with E-state index >= 15 is 0 Å². The van der Waals surface area contributed by atoms with E-state index in [4.69, 9.17) is 4.98 Å². The van der Waals surface area contributed by atoms with Gasteiger partial charge in [-0.3, -0.25) is 13.9 Å². The van der Waals surface area contributed by atoms with Gasteiger partial charge in [0.1, 0.15) is 5.82 Å². The molecule has 6 nitrogen and oxygen atoms in total. The van der Waals surface area contributed by atoms with Crippen molar-refractivity contribution in [3.05, 3.63) is 26.7 Å². The van der Waals surface area contributed by atoms with Crippen molar-refractivity contribution in [1.82, 2.24) is 18.7 Å². The second-order valence-electron chi connectivity index (χ2n) is 9.70. The average molecular weight is 399 g/mol. The molecule has 0 amide bonds. The molecule has 0 spiro atoms. The monoisotopic (exact) mass is 398 g/mol. The van der Waals surface area contributed by atoms with Gasteiger partial charge in [-0.05, 0) is 68.6 Å². The number of hydrogen-bond donors (Lipinski definition) is 0. The topological polar surface area (TPSA) is 61.8 Å². The molecule has 4 fully saturated rings. The van der Waals surface area contributed by atoms with Crippen LogP contribution in [0.1, 0.15) is 77.5 Å². The van der Waals surface area contributed by atoms with Crippen molar-refractivity contribution in [3.63, 3.8) is 0 Å². The van der Waals surface area contributed by atoms with Gasteiger partial charge in [0.25, 0.3) is 5.56 Å². The molecule has 158 valence electrons. The summed E-state index contributed by atoms with van der Waals surface area (Å²) in [4.78, 5) is 31.6. The maximum atomic E-state index is 13.4. The van der Waals surface area contributed by atoms with E-state index in [0.29, 0.717) is 36.1 Å². The van der Waals surface area contributed by atoms with Crippen molar-refractivity contribution in [3.8, 4) is 0 Å². The highest BCUT2D eigenvalue weighted by molar-refractivity contribution is 5.71. The Morgan fingerprint density at radius 3 is 2.17 bits per heavy atom. The fraction of sp³-hybridized carbons (Fsp3) is 0.783. The number of aryl methyl sites for hydroxylation is 2. The van der Waals surface area contributed by atoms with Crippen LogP contribution in [0.4, 0.5) is 0 Å². The average Bonchev–Trinajstić information content (AvgIpc) is 3.28. The van der Waals surface area contributed by atoms with E-state index in [1.807, 2.05) is 6.92 Å². The van der Waals surface area contributed by atoms with E-state index in [1.165, 1.54) is 30.3 Å². The Balaban J connectivity index is 1.76. The Morgan fingerprint density at radius 2 is 1.48 bits per heavy atom. The quantitative estimate of drug-likeness (QED) is 0.714. The lowest BCUT2D eigenvalue weighted by Gasteiger charge is -2.32. The minimum Gasteiger partial charge on any atom is -0.322 e. The Bertz CT molecular complexity index is 1040. The van der Waals surface area contributed by atoms with E-state index in [0.717, 1.165) is 49.4 Å². The lowest BCUT2D eigenvalue weighted by atomic mass is 9.75. The van der Waals surface area contributed by atoms with Crippen molar-refractivity contribution in [2.75, 3.05) is 0 Å². The van der Waals surface area contributed by atoms with Crippen LogP contribution in [0.15, 0.2) is 9.59 Å². The van der Waals surface area contributed by atoms with Crippen LogP contribution in [0.2, 0.25) is 0 Å².